The number of hydrogen-bond acceptors (Lipinski definition) is 5. The van der Waals surface area contributed by atoms with Crippen molar-refractivity contribution in [3.63, 3.8) is 0 Å². The van der Waals surface area contributed by atoms with E-state index in [9.17, 15) is 5.11 Å². The van der Waals surface area contributed by atoms with Gasteiger partial charge in [0, 0.05) is 49.3 Å². The smallest absolute Gasteiger partial charge is 0.124 e. The van der Waals surface area contributed by atoms with Crippen LogP contribution in [0.4, 0.5) is 5.69 Å². The van der Waals surface area contributed by atoms with Gasteiger partial charge >= 0.3 is 0 Å². The average Bonchev–Trinajstić information content (AvgIpc) is 2.64. The lowest BCUT2D eigenvalue weighted by Crippen LogP contribution is -2.38. The van der Waals surface area contributed by atoms with E-state index in [-0.39, 0.29) is 6.61 Å². The van der Waals surface area contributed by atoms with E-state index in [4.69, 9.17) is 4.74 Å². The van der Waals surface area contributed by atoms with Crippen LogP contribution in [0.5, 0.6) is 5.75 Å². The topological polar surface area (TPSA) is 57.6 Å². The molecule has 1 aromatic heterocycles. The molecule has 128 valence electrons. The van der Waals surface area contributed by atoms with Gasteiger partial charge in [-0.05, 0) is 48.7 Å². The SMILES string of the molecule is COc1ccc(NC2CCN(Cc3ccncc3)CC2)cc1CO. The number of piperidine rings is 1. The van der Waals surface area contributed by atoms with E-state index < -0.39 is 0 Å². The Hall–Kier alpha value is -2.11. The molecule has 0 atom stereocenters. The second-order valence-corrected chi connectivity index (χ2v) is 6.23. The van der Waals surface area contributed by atoms with E-state index in [1.165, 1.54) is 5.56 Å². The summed E-state index contributed by atoms with van der Waals surface area (Å²) in [5, 5.41) is 13.0. The largest absolute Gasteiger partial charge is 0.496 e. The Morgan fingerprint density at radius 3 is 2.62 bits per heavy atom. The molecule has 0 amide bonds. The molecule has 2 heterocycles. The van der Waals surface area contributed by atoms with Gasteiger partial charge in [0.25, 0.3) is 0 Å². The van der Waals surface area contributed by atoms with E-state index in [0.29, 0.717) is 6.04 Å². The molecule has 0 unspecified atom stereocenters. The molecule has 3 rings (SSSR count). The standard InChI is InChI=1S/C19H25N3O2/c1-24-19-3-2-18(12-16(19)14-23)21-17-6-10-22(11-7-17)13-15-4-8-20-9-5-15/h2-5,8-9,12,17,21,23H,6-7,10-11,13-14H2,1H3. The van der Waals surface area contributed by atoms with Gasteiger partial charge in [0.15, 0.2) is 0 Å². The molecular weight excluding hydrogens is 302 g/mol. The van der Waals surface area contributed by atoms with Crippen molar-refractivity contribution >= 4 is 5.69 Å². The number of hydrogen-bond donors (Lipinski definition) is 2. The summed E-state index contributed by atoms with van der Waals surface area (Å²) in [7, 11) is 1.63. The van der Waals surface area contributed by atoms with Crippen molar-refractivity contribution in [1.29, 1.82) is 0 Å². The summed E-state index contributed by atoms with van der Waals surface area (Å²) in [6.07, 6.45) is 5.94. The van der Waals surface area contributed by atoms with Crippen molar-refractivity contribution in [1.82, 2.24) is 9.88 Å². The fourth-order valence-electron chi connectivity index (χ4n) is 3.21. The van der Waals surface area contributed by atoms with Crippen LogP contribution in [0.1, 0.15) is 24.0 Å². The zero-order chi connectivity index (χ0) is 16.8. The fourth-order valence-corrected chi connectivity index (χ4v) is 3.21. The van der Waals surface area contributed by atoms with Gasteiger partial charge in [-0.1, -0.05) is 0 Å². The van der Waals surface area contributed by atoms with Gasteiger partial charge < -0.3 is 15.2 Å². The lowest BCUT2D eigenvalue weighted by atomic mass is 10.0. The fraction of sp³-hybridized carbons (Fsp3) is 0.421. The number of pyridine rings is 1. The van der Waals surface area contributed by atoms with Crippen molar-refractivity contribution in [2.24, 2.45) is 0 Å². The number of nitrogens with zero attached hydrogens (tertiary/aromatic N) is 2. The second kappa shape index (κ2) is 8.13. The van der Waals surface area contributed by atoms with Crippen LogP contribution in [0.3, 0.4) is 0 Å². The number of anilines is 1. The van der Waals surface area contributed by atoms with E-state index in [1.807, 2.05) is 30.6 Å². The Kier molecular flexibility index (Phi) is 5.67. The highest BCUT2D eigenvalue weighted by molar-refractivity contribution is 5.51. The molecule has 5 heteroatoms. The number of rotatable bonds is 6. The number of aliphatic hydroxyl groups excluding tert-OH is 1. The lowest BCUT2D eigenvalue weighted by Gasteiger charge is -2.33. The van der Waals surface area contributed by atoms with Crippen LogP contribution in [-0.4, -0.2) is 41.2 Å². The molecule has 1 aromatic carbocycles. The number of methoxy groups -OCH3 is 1. The molecule has 1 saturated heterocycles. The van der Waals surface area contributed by atoms with Gasteiger partial charge in [-0.3, -0.25) is 9.88 Å². The third kappa shape index (κ3) is 4.24. The average molecular weight is 327 g/mol. The maximum absolute atomic E-state index is 9.44. The van der Waals surface area contributed by atoms with Crippen LogP contribution in [0, 0.1) is 0 Å². The Balaban J connectivity index is 1.52. The second-order valence-electron chi connectivity index (χ2n) is 6.23. The Labute approximate surface area is 143 Å². The van der Waals surface area contributed by atoms with Crippen LogP contribution in [0.25, 0.3) is 0 Å². The number of ether oxygens (including phenoxy) is 1. The number of aliphatic hydroxyl groups is 1. The van der Waals surface area contributed by atoms with Crippen LogP contribution in [0.15, 0.2) is 42.7 Å². The van der Waals surface area contributed by atoms with E-state index in [1.54, 1.807) is 7.11 Å². The molecule has 1 aliphatic heterocycles. The van der Waals surface area contributed by atoms with Crippen molar-refractivity contribution in [3.05, 3.63) is 53.9 Å². The molecule has 1 aliphatic rings. The molecule has 0 saturated carbocycles. The molecule has 0 aliphatic carbocycles. The molecular formula is C19H25N3O2. The molecule has 5 nitrogen and oxygen atoms in total. The van der Waals surface area contributed by atoms with Crippen molar-refractivity contribution in [2.45, 2.75) is 32.0 Å². The van der Waals surface area contributed by atoms with Crippen molar-refractivity contribution < 1.29 is 9.84 Å². The highest BCUT2D eigenvalue weighted by atomic mass is 16.5. The summed E-state index contributed by atoms with van der Waals surface area (Å²) in [6, 6.07) is 10.5. The summed E-state index contributed by atoms with van der Waals surface area (Å²) in [5.74, 6) is 0.732. The van der Waals surface area contributed by atoms with Crippen LogP contribution < -0.4 is 10.1 Å². The van der Waals surface area contributed by atoms with Crippen LogP contribution in [-0.2, 0) is 13.2 Å². The zero-order valence-corrected chi connectivity index (χ0v) is 14.1. The molecule has 2 N–H and O–H groups in total. The van der Waals surface area contributed by atoms with Gasteiger partial charge in [0.1, 0.15) is 5.75 Å². The lowest BCUT2D eigenvalue weighted by molar-refractivity contribution is 0.211. The summed E-state index contributed by atoms with van der Waals surface area (Å²) in [4.78, 5) is 6.56. The maximum Gasteiger partial charge on any atom is 0.124 e. The predicted molar refractivity (Wildman–Crippen MR) is 95.1 cm³/mol. The quantitative estimate of drug-likeness (QED) is 0.854. The van der Waals surface area contributed by atoms with Crippen molar-refractivity contribution in [2.75, 3.05) is 25.5 Å². The summed E-state index contributed by atoms with van der Waals surface area (Å²) in [6.45, 7) is 3.15. The minimum absolute atomic E-state index is 0.0108. The Morgan fingerprint density at radius 1 is 1.21 bits per heavy atom. The van der Waals surface area contributed by atoms with Gasteiger partial charge in [0.2, 0.25) is 0 Å². The summed E-state index contributed by atoms with van der Waals surface area (Å²) < 4.78 is 5.25. The first-order chi connectivity index (χ1) is 11.8. The molecule has 0 radical (unpaired) electrons. The minimum Gasteiger partial charge on any atom is -0.496 e. The highest BCUT2D eigenvalue weighted by Crippen LogP contribution is 2.24. The first-order valence-corrected chi connectivity index (χ1v) is 8.44. The monoisotopic (exact) mass is 327 g/mol. The first-order valence-electron chi connectivity index (χ1n) is 8.44. The molecule has 0 bridgehead atoms. The van der Waals surface area contributed by atoms with Gasteiger partial charge in [0.05, 0.1) is 13.7 Å². The van der Waals surface area contributed by atoms with Gasteiger partial charge in [-0.2, -0.15) is 0 Å². The van der Waals surface area contributed by atoms with E-state index in [0.717, 1.165) is 49.5 Å². The molecule has 2 aromatic rings. The molecule has 1 fully saturated rings. The highest BCUT2D eigenvalue weighted by Gasteiger charge is 2.19. The maximum atomic E-state index is 9.44. The number of nitrogens with one attached hydrogen (secondary N) is 1. The summed E-state index contributed by atoms with van der Waals surface area (Å²) in [5.41, 5.74) is 3.18. The third-order valence-corrected chi connectivity index (χ3v) is 4.56. The zero-order valence-electron chi connectivity index (χ0n) is 14.1. The minimum atomic E-state index is -0.0108. The van der Waals surface area contributed by atoms with Gasteiger partial charge in [-0.15, -0.1) is 0 Å². The Bertz CT molecular complexity index is 640. The van der Waals surface area contributed by atoms with Gasteiger partial charge in [-0.25, -0.2) is 0 Å². The first kappa shape index (κ1) is 16.7. The normalized spacial score (nSPS) is 16.1. The number of benzene rings is 1. The van der Waals surface area contributed by atoms with Crippen molar-refractivity contribution in [3.8, 4) is 5.75 Å². The number of likely N-dealkylation sites (tertiary alicyclic amines) is 1. The van der Waals surface area contributed by atoms with E-state index in [2.05, 4.69) is 27.3 Å². The van der Waals surface area contributed by atoms with E-state index >= 15 is 0 Å². The third-order valence-electron chi connectivity index (χ3n) is 4.56. The predicted octanol–water partition coefficient (Wildman–Crippen LogP) is 2.66. The molecule has 0 spiro atoms. The number of aromatic nitrogens is 1. The summed E-state index contributed by atoms with van der Waals surface area (Å²) >= 11 is 0. The van der Waals surface area contributed by atoms with Crippen LogP contribution in [0.2, 0.25) is 0 Å². The Morgan fingerprint density at radius 2 is 1.96 bits per heavy atom. The molecule has 24 heavy (non-hydrogen) atoms. The van der Waals surface area contributed by atoms with Crippen LogP contribution >= 0.6 is 0 Å².